The molecule has 0 unspecified atom stereocenters. The topological polar surface area (TPSA) is 0 Å². The predicted molar refractivity (Wildman–Crippen MR) is 136 cm³/mol. The van der Waals surface area contributed by atoms with Crippen molar-refractivity contribution in [2.24, 2.45) is 0 Å². The Bertz CT molecular complexity index is 697. The van der Waals surface area contributed by atoms with Gasteiger partial charge >= 0.3 is 0 Å². The van der Waals surface area contributed by atoms with E-state index < -0.39 is 7.26 Å². The van der Waals surface area contributed by atoms with Crippen LogP contribution in [0.25, 0.3) is 0 Å². The van der Waals surface area contributed by atoms with E-state index >= 15 is 0 Å². The monoisotopic (exact) mass is 498 g/mol. The Labute approximate surface area is 211 Å². The summed E-state index contributed by atoms with van der Waals surface area (Å²) in [5.41, 5.74) is 0. The largest absolute Gasteiger partial charge is 0.327 e. The van der Waals surface area contributed by atoms with E-state index in [1.54, 1.807) is 0 Å². The minimum absolute atomic E-state index is 0. The third kappa shape index (κ3) is 7.38. The van der Waals surface area contributed by atoms with Gasteiger partial charge in [-0.3, -0.25) is 0 Å². The summed E-state index contributed by atoms with van der Waals surface area (Å²) in [6.45, 7) is 12.9. The molecule has 0 aromatic heterocycles. The number of nitrogens with zero attached hydrogens (tertiary/aromatic N) is 1. The minimum Gasteiger partial charge on any atom is -0.327 e. The molecular formula is C27H40NPY+2. The van der Waals surface area contributed by atoms with Crippen LogP contribution in [0.5, 0.6) is 0 Å². The number of hydrogen-bond donors (Lipinski definition) is 0. The van der Waals surface area contributed by atoms with Crippen molar-refractivity contribution in [3.8, 4) is 0 Å². The van der Waals surface area contributed by atoms with Crippen LogP contribution in [-0.2, 0) is 32.7 Å². The maximum Gasteiger partial charge on any atom is 0.109 e. The first kappa shape index (κ1) is 29.2. The van der Waals surface area contributed by atoms with Gasteiger partial charge < -0.3 is 4.48 Å². The van der Waals surface area contributed by atoms with Crippen LogP contribution in [0.1, 0.15) is 28.2 Å². The van der Waals surface area contributed by atoms with Gasteiger partial charge in [-0.15, -0.1) is 0 Å². The summed E-state index contributed by atoms with van der Waals surface area (Å²) in [5.74, 6) is 0. The van der Waals surface area contributed by atoms with E-state index in [1.165, 1.54) is 40.0 Å². The summed E-state index contributed by atoms with van der Waals surface area (Å²) in [4.78, 5) is 0. The van der Waals surface area contributed by atoms with E-state index in [0.717, 1.165) is 0 Å². The molecule has 0 bridgehead atoms. The van der Waals surface area contributed by atoms with E-state index in [2.05, 4.69) is 125 Å². The molecule has 1 radical (unpaired) electrons. The second kappa shape index (κ2) is 14.3. The van der Waals surface area contributed by atoms with Crippen molar-refractivity contribution in [2.75, 3.05) is 33.3 Å². The van der Waals surface area contributed by atoms with E-state index in [9.17, 15) is 0 Å². The molecule has 0 fully saturated rings. The maximum atomic E-state index is 2.41. The molecule has 159 valence electrons. The zero-order chi connectivity index (χ0) is 20.5. The van der Waals surface area contributed by atoms with Crippen molar-refractivity contribution in [3.63, 3.8) is 0 Å². The summed E-state index contributed by atoms with van der Waals surface area (Å²) in [6.07, 6.45) is 0. The molecule has 3 heteroatoms. The number of hydrogen-bond acceptors (Lipinski definition) is 0. The first-order valence-corrected chi connectivity index (χ1v) is 12.6. The molecule has 3 aromatic rings. The SMILES string of the molecule is C.CC[N+](C)(CC)CC.C[P+](c1ccccc1)(c1ccccc1)c1ccccc1.[Y]. The zero-order valence-corrected chi connectivity index (χ0v) is 22.5. The van der Waals surface area contributed by atoms with Crippen molar-refractivity contribution in [2.45, 2.75) is 28.2 Å². The van der Waals surface area contributed by atoms with Crippen LogP contribution in [-0.4, -0.2) is 37.8 Å². The summed E-state index contributed by atoms with van der Waals surface area (Å²) in [6, 6.07) is 32.6. The molecule has 0 aliphatic carbocycles. The van der Waals surface area contributed by atoms with Crippen LogP contribution < -0.4 is 15.9 Å². The summed E-state index contributed by atoms with van der Waals surface area (Å²) in [5, 5.41) is 4.28. The summed E-state index contributed by atoms with van der Waals surface area (Å²) < 4.78 is 1.21. The fraction of sp³-hybridized carbons (Fsp3) is 0.333. The molecule has 0 amide bonds. The smallest absolute Gasteiger partial charge is 0.109 e. The first-order chi connectivity index (χ1) is 13.5. The molecule has 0 spiro atoms. The molecule has 0 aliphatic heterocycles. The number of rotatable bonds is 6. The predicted octanol–water partition coefficient (Wildman–Crippen LogP) is 5.74. The van der Waals surface area contributed by atoms with Crippen molar-refractivity contribution in [1.29, 1.82) is 0 Å². The van der Waals surface area contributed by atoms with Gasteiger partial charge in [-0.1, -0.05) is 62.0 Å². The molecule has 1 nitrogen and oxygen atoms in total. The average Bonchev–Trinajstić information content (AvgIpc) is 2.80. The summed E-state index contributed by atoms with van der Waals surface area (Å²) in [7, 11) is 0.765. The molecular weight excluding hydrogens is 458 g/mol. The molecule has 0 saturated carbocycles. The third-order valence-corrected chi connectivity index (χ3v) is 10.1. The van der Waals surface area contributed by atoms with E-state index in [1.807, 2.05) is 0 Å². The second-order valence-corrected chi connectivity index (χ2v) is 11.1. The Morgan fingerprint density at radius 3 is 0.967 bits per heavy atom. The van der Waals surface area contributed by atoms with E-state index in [0.29, 0.717) is 0 Å². The number of benzene rings is 3. The fourth-order valence-corrected chi connectivity index (χ4v) is 6.50. The average molecular weight is 499 g/mol. The van der Waals surface area contributed by atoms with Gasteiger partial charge in [0.2, 0.25) is 0 Å². The van der Waals surface area contributed by atoms with Gasteiger partial charge in [0.1, 0.15) is 23.2 Å². The van der Waals surface area contributed by atoms with E-state index in [4.69, 9.17) is 0 Å². The Morgan fingerprint density at radius 2 is 0.800 bits per heavy atom. The number of quaternary nitrogens is 1. The van der Waals surface area contributed by atoms with Crippen LogP contribution in [0.15, 0.2) is 91.0 Å². The van der Waals surface area contributed by atoms with Crippen LogP contribution >= 0.6 is 7.26 Å². The van der Waals surface area contributed by atoms with Crippen LogP contribution in [0.3, 0.4) is 0 Å². The van der Waals surface area contributed by atoms with Gasteiger partial charge in [-0.05, 0) is 57.2 Å². The van der Waals surface area contributed by atoms with Gasteiger partial charge in [0.05, 0.1) is 33.3 Å². The molecule has 0 aliphatic rings. The van der Waals surface area contributed by atoms with Gasteiger partial charge in [0.15, 0.2) is 0 Å². The first-order valence-electron chi connectivity index (χ1n) is 10.4. The standard InChI is InChI=1S/C19H18P.C7H18N.CH4.Y/c1-20(17-11-5-2-6-12-17,18-13-7-3-8-14-18)19-15-9-4-10-16-19;1-5-8(4,6-2)7-3;;/h2-16H,1H3;5-7H2,1-4H3;1H4;/q2*+1;;. The van der Waals surface area contributed by atoms with Gasteiger partial charge in [-0.2, -0.15) is 0 Å². The van der Waals surface area contributed by atoms with Crippen molar-refractivity contribution in [1.82, 2.24) is 0 Å². The Balaban J connectivity index is 0.000000730. The molecule has 0 heterocycles. The van der Waals surface area contributed by atoms with Crippen LogP contribution in [0.2, 0.25) is 0 Å². The van der Waals surface area contributed by atoms with Gasteiger partial charge in [0.25, 0.3) is 0 Å². The fourth-order valence-electron chi connectivity index (χ4n) is 3.30. The molecule has 0 atom stereocenters. The van der Waals surface area contributed by atoms with Gasteiger partial charge in [-0.25, -0.2) is 0 Å². The molecule has 0 saturated heterocycles. The van der Waals surface area contributed by atoms with Crippen LogP contribution in [0, 0.1) is 0 Å². The molecule has 0 N–H and O–H groups in total. The Hall–Kier alpha value is -0.846. The van der Waals surface area contributed by atoms with E-state index in [-0.39, 0.29) is 40.1 Å². The third-order valence-electron chi connectivity index (χ3n) is 6.11. The maximum absolute atomic E-state index is 2.41. The zero-order valence-electron chi connectivity index (χ0n) is 18.8. The van der Waals surface area contributed by atoms with Crippen LogP contribution in [0.4, 0.5) is 0 Å². The quantitative estimate of drug-likeness (QED) is 0.301. The molecule has 3 rings (SSSR count). The minimum atomic E-state index is -1.53. The Morgan fingerprint density at radius 1 is 0.567 bits per heavy atom. The molecule has 30 heavy (non-hydrogen) atoms. The molecule has 3 aromatic carbocycles. The van der Waals surface area contributed by atoms with Crippen molar-refractivity contribution < 1.29 is 37.2 Å². The van der Waals surface area contributed by atoms with Crippen molar-refractivity contribution in [3.05, 3.63) is 91.0 Å². The summed E-state index contributed by atoms with van der Waals surface area (Å²) >= 11 is 0. The van der Waals surface area contributed by atoms with Gasteiger partial charge in [0, 0.05) is 32.7 Å². The normalized spacial score (nSPS) is 10.7. The second-order valence-electron chi connectivity index (χ2n) is 7.58. The Kier molecular flexibility index (Phi) is 13.9. The van der Waals surface area contributed by atoms with Crippen molar-refractivity contribution >= 4 is 23.2 Å².